The van der Waals surface area contributed by atoms with Gasteiger partial charge in [0.1, 0.15) is 0 Å². The predicted molar refractivity (Wildman–Crippen MR) is 153 cm³/mol. The van der Waals surface area contributed by atoms with Crippen LogP contribution in [-0.4, -0.2) is 35.3 Å². The Kier molecular flexibility index (Phi) is 10.5. The average Bonchev–Trinajstić information content (AvgIpc) is 3.00. The van der Waals surface area contributed by atoms with Crippen LogP contribution in [0.5, 0.6) is 5.75 Å². The molecule has 7 nitrogen and oxygen atoms in total. The lowest BCUT2D eigenvalue weighted by atomic mass is 9.87. The number of hydrogen-bond donors (Lipinski definition) is 0. The maximum Gasteiger partial charge on any atom is 0.416 e. The number of benzene rings is 2. The number of amides is 1. The maximum absolute atomic E-state index is 14.0. The molecule has 0 fully saturated rings. The average molecular weight is 679 g/mol. The zero-order chi connectivity index (χ0) is 34.7. The Labute approximate surface area is 264 Å². The van der Waals surface area contributed by atoms with Gasteiger partial charge in [0.15, 0.2) is 5.75 Å². The molecule has 0 saturated carbocycles. The highest BCUT2D eigenvalue weighted by Gasteiger charge is 2.42. The quantitative estimate of drug-likeness (QED) is 0.210. The smallest absolute Gasteiger partial charge is 0.416 e. The highest BCUT2D eigenvalue weighted by Crippen LogP contribution is 2.46. The van der Waals surface area contributed by atoms with Gasteiger partial charge in [-0.1, -0.05) is 13.8 Å². The van der Waals surface area contributed by atoms with Gasteiger partial charge in [-0.3, -0.25) is 4.90 Å². The van der Waals surface area contributed by atoms with Gasteiger partial charge >= 0.3 is 24.6 Å². The van der Waals surface area contributed by atoms with Crippen molar-refractivity contribution >= 4 is 17.7 Å². The summed E-state index contributed by atoms with van der Waals surface area (Å²) in [5.41, 5.74) is -4.69. The Hall–Kier alpha value is -4.24. The fourth-order valence-corrected chi connectivity index (χ4v) is 5.37. The van der Waals surface area contributed by atoms with Gasteiger partial charge in [0.2, 0.25) is 5.95 Å². The second-order valence-corrected chi connectivity index (χ2v) is 10.8. The van der Waals surface area contributed by atoms with Crippen molar-refractivity contribution in [2.45, 2.75) is 77.2 Å². The monoisotopic (exact) mass is 678 g/mol. The highest BCUT2D eigenvalue weighted by atomic mass is 19.4. The zero-order valence-electron chi connectivity index (χ0n) is 25.4. The molecular weight excluding hydrogens is 647 g/mol. The van der Waals surface area contributed by atoms with Crippen molar-refractivity contribution in [3.8, 4) is 5.75 Å². The number of carbonyl (C=O) groups is 1. The van der Waals surface area contributed by atoms with Crippen molar-refractivity contribution in [1.29, 1.82) is 0 Å². The van der Waals surface area contributed by atoms with Crippen LogP contribution >= 0.6 is 0 Å². The van der Waals surface area contributed by atoms with Crippen LogP contribution in [0.15, 0.2) is 48.8 Å². The van der Waals surface area contributed by atoms with E-state index in [0.717, 1.165) is 18.2 Å². The molecule has 0 N–H and O–H groups in total. The first-order valence-corrected chi connectivity index (χ1v) is 14.6. The minimum atomic E-state index is -5.14. The third-order valence-corrected chi connectivity index (χ3v) is 7.49. The number of aromatic nitrogens is 2. The van der Waals surface area contributed by atoms with E-state index >= 15 is 0 Å². The molecular formula is C31H31F9N4O3. The van der Waals surface area contributed by atoms with E-state index in [1.807, 2.05) is 6.92 Å². The van der Waals surface area contributed by atoms with Crippen molar-refractivity contribution < 1.29 is 53.8 Å². The molecule has 1 amide bonds. The normalized spacial score (nSPS) is 16.9. The van der Waals surface area contributed by atoms with Crippen LogP contribution in [0.4, 0.5) is 55.9 Å². The number of halogens is 9. The van der Waals surface area contributed by atoms with Crippen LogP contribution in [-0.2, 0) is 29.8 Å². The molecule has 0 unspecified atom stereocenters. The van der Waals surface area contributed by atoms with Gasteiger partial charge in [-0.05, 0) is 73.7 Å². The molecule has 16 heteroatoms. The van der Waals surface area contributed by atoms with Crippen molar-refractivity contribution in [3.63, 3.8) is 0 Å². The first-order chi connectivity index (χ1) is 22.0. The van der Waals surface area contributed by atoms with Gasteiger partial charge in [-0.15, -0.1) is 0 Å². The largest absolute Gasteiger partial charge is 0.490 e. The van der Waals surface area contributed by atoms with Crippen molar-refractivity contribution in [1.82, 2.24) is 9.97 Å². The van der Waals surface area contributed by atoms with Crippen LogP contribution in [0.3, 0.4) is 0 Å². The molecule has 1 aromatic heterocycles. The predicted octanol–water partition coefficient (Wildman–Crippen LogP) is 9.21. The van der Waals surface area contributed by atoms with E-state index in [4.69, 9.17) is 9.47 Å². The Balaban J connectivity index is 1.95. The number of ether oxygens (including phenoxy) is 2. The van der Waals surface area contributed by atoms with Gasteiger partial charge in [0.25, 0.3) is 0 Å². The molecule has 4 rings (SSSR count). The molecule has 1 aliphatic heterocycles. The SMILES string of the molecule is CCCOc1cnc(N(Cc2cc(C(F)(F)F)cc(C(F)(F)F)c2)[C@H]2C[C@@H](CC)N(C(=O)OCC)c3ccc(C(F)(F)F)cc32)nc1. The van der Waals surface area contributed by atoms with Crippen LogP contribution in [0.2, 0.25) is 0 Å². The summed E-state index contributed by atoms with van der Waals surface area (Å²) in [4.78, 5) is 24.0. The summed E-state index contributed by atoms with van der Waals surface area (Å²) in [6.07, 6.45) is -12.6. The molecule has 2 heterocycles. The lowest BCUT2D eigenvalue weighted by Gasteiger charge is -2.44. The minimum absolute atomic E-state index is 0.0138. The summed E-state index contributed by atoms with van der Waals surface area (Å²) in [7, 11) is 0. The van der Waals surface area contributed by atoms with E-state index in [1.165, 1.54) is 22.2 Å². The van der Waals surface area contributed by atoms with Crippen LogP contribution in [0.1, 0.15) is 73.9 Å². The summed E-state index contributed by atoms with van der Waals surface area (Å²) in [6.45, 7) is 4.71. The number of hydrogen-bond acceptors (Lipinski definition) is 6. The topological polar surface area (TPSA) is 67.8 Å². The molecule has 0 aliphatic carbocycles. The number of rotatable bonds is 9. The second kappa shape index (κ2) is 13.9. The molecule has 0 bridgehead atoms. The Bertz CT molecular complexity index is 1510. The number of nitrogens with zero attached hydrogens (tertiary/aromatic N) is 4. The Morgan fingerprint density at radius 2 is 1.47 bits per heavy atom. The van der Waals surface area contributed by atoms with Gasteiger partial charge in [-0.25, -0.2) is 14.8 Å². The van der Waals surface area contributed by atoms with Crippen LogP contribution in [0, 0.1) is 0 Å². The Morgan fingerprint density at radius 3 is 1.98 bits per heavy atom. The zero-order valence-corrected chi connectivity index (χ0v) is 25.4. The summed E-state index contributed by atoms with van der Waals surface area (Å²) in [5.74, 6) is 0.0184. The molecule has 0 radical (unpaired) electrons. The highest BCUT2D eigenvalue weighted by molar-refractivity contribution is 5.90. The number of alkyl halides is 9. The summed E-state index contributed by atoms with van der Waals surface area (Å²) >= 11 is 0. The summed E-state index contributed by atoms with van der Waals surface area (Å²) < 4.78 is 135. The third kappa shape index (κ3) is 8.19. The lowest BCUT2D eigenvalue weighted by Crippen LogP contribution is -2.48. The molecule has 0 saturated heterocycles. The molecule has 0 spiro atoms. The van der Waals surface area contributed by atoms with Crippen LogP contribution in [0.25, 0.3) is 0 Å². The molecule has 2 aromatic carbocycles. The number of anilines is 2. The molecule has 47 heavy (non-hydrogen) atoms. The van der Waals surface area contributed by atoms with Crippen LogP contribution < -0.4 is 14.5 Å². The first kappa shape index (κ1) is 35.6. The first-order valence-electron chi connectivity index (χ1n) is 14.6. The van der Waals surface area contributed by atoms with Crippen molar-refractivity contribution in [2.24, 2.45) is 0 Å². The van der Waals surface area contributed by atoms with E-state index in [2.05, 4.69) is 9.97 Å². The maximum atomic E-state index is 14.0. The number of carbonyl (C=O) groups excluding carboxylic acids is 1. The third-order valence-electron chi connectivity index (χ3n) is 7.49. The van der Waals surface area contributed by atoms with E-state index in [1.54, 1.807) is 13.8 Å². The van der Waals surface area contributed by atoms with E-state index < -0.39 is 65.5 Å². The molecule has 256 valence electrons. The van der Waals surface area contributed by atoms with Gasteiger partial charge in [0.05, 0.1) is 54.0 Å². The van der Waals surface area contributed by atoms with Crippen molar-refractivity contribution in [3.05, 3.63) is 76.6 Å². The molecule has 3 aromatic rings. The second-order valence-electron chi connectivity index (χ2n) is 10.8. The fourth-order valence-electron chi connectivity index (χ4n) is 5.37. The fraction of sp³-hybridized carbons (Fsp3) is 0.452. The number of fused-ring (bicyclic) bond motifs is 1. The molecule has 2 atom stereocenters. The minimum Gasteiger partial charge on any atom is -0.490 e. The van der Waals surface area contributed by atoms with Gasteiger partial charge < -0.3 is 14.4 Å². The summed E-state index contributed by atoms with van der Waals surface area (Å²) in [5, 5.41) is 0. The van der Waals surface area contributed by atoms with Gasteiger partial charge in [0, 0.05) is 12.6 Å². The lowest BCUT2D eigenvalue weighted by molar-refractivity contribution is -0.143. The summed E-state index contributed by atoms with van der Waals surface area (Å²) in [6, 6.07) is 1.91. The van der Waals surface area contributed by atoms with E-state index in [0.29, 0.717) is 25.2 Å². The standard InChI is InChI=1S/C31H31F9N4O3/c1-4-9-47-23-15-41-27(42-16-23)43(17-18-10-20(30(35,36)37)12-21(11-18)31(38,39)40)26-14-22(5-2)44(28(45)46-6-3)25-8-7-19(13-24(25)26)29(32,33)34/h7-8,10-13,15-16,22,26H,4-6,9,14,17H2,1-3H3/t22-,26+/m1/s1. The van der Waals surface area contributed by atoms with E-state index in [-0.39, 0.29) is 48.5 Å². The van der Waals surface area contributed by atoms with Gasteiger partial charge in [-0.2, -0.15) is 39.5 Å². The Morgan fingerprint density at radius 1 is 0.872 bits per heavy atom. The van der Waals surface area contributed by atoms with E-state index in [9.17, 15) is 44.3 Å². The van der Waals surface area contributed by atoms with Crippen molar-refractivity contribution in [2.75, 3.05) is 23.0 Å². The molecule has 1 aliphatic rings.